The maximum atomic E-state index is 10.7. The Morgan fingerprint density at radius 2 is 2.25 bits per heavy atom. The average Bonchev–Trinajstić information content (AvgIpc) is 2.84. The number of aliphatic hydroxyl groups is 1. The molecule has 1 aliphatic carbocycles. The van der Waals surface area contributed by atoms with Crippen molar-refractivity contribution in [3.05, 3.63) is 27.9 Å². The maximum Gasteiger partial charge on any atom is 0.289 e. The fourth-order valence-electron chi connectivity index (χ4n) is 2.64. The molecular formula is C13H16N4O3. The highest BCUT2D eigenvalue weighted by molar-refractivity contribution is 5.57. The van der Waals surface area contributed by atoms with Crippen LogP contribution in [-0.4, -0.2) is 34.2 Å². The van der Waals surface area contributed by atoms with Crippen LogP contribution in [0.5, 0.6) is 0 Å². The number of nitrogens with zero attached hydrogens (tertiary/aromatic N) is 4. The van der Waals surface area contributed by atoms with Crippen molar-refractivity contribution in [1.29, 1.82) is 5.26 Å². The molecule has 0 saturated heterocycles. The van der Waals surface area contributed by atoms with E-state index in [1.165, 1.54) is 6.07 Å². The number of nitro groups is 1. The minimum atomic E-state index is -0.759. The van der Waals surface area contributed by atoms with E-state index >= 15 is 0 Å². The standard InChI is InChI=1S/C13H16N4O3/c1-16(9-13(18)4-2-3-5-13)12-10(7-14)6-11(8-15-12)17(19)20/h6,8,18H,2-5,9H2,1H3. The van der Waals surface area contributed by atoms with E-state index in [0.717, 1.165) is 31.9 Å². The molecule has 1 saturated carbocycles. The second-order valence-corrected chi connectivity index (χ2v) is 5.22. The summed E-state index contributed by atoms with van der Waals surface area (Å²) in [5, 5.41) is 30.1. The summed E-state index contributed by atoms with van der Waals surface area (Å²) in [5.41, 5.74) is -0.827. The van der Waals surface area contributed by atoms with Crippen LogP contribution >= 0.6 is 0 Å². The number of anilines is 1. The molecule has 1 fully saturated rings. The highest BCUT2D eigenvalue weighted by Gasteiger charge is 2.33. The first kappa shape index (κ1) is 14.2. The number of likely N-dealkylation sites (N-methyl/N-ethyl adjacent to an activating group) is 1. The van der Waals surface area contributed by atoms with Crippen molar-refractivity contribution in [3.8, 4) is 6.07 Å². The van der Waals surface area contributed by atoms with Crippen LogP contribution in [0.4, 0.5) is 11.5 Å². The molecule has 0 aromatic carbocycles. The summed E-state index contributed by atoms with van der Waals surface area (Å²) in [6.07, 6.45) is 4.57. The van der Waals surface area contributed by atoms with Gasteiger partial charge in [-0.05, 0) is 12.8 Å². The van der Waals surface area contributed by atoms with Gasteiger partial charge in [0.25, 0.3) is 5.69 Å². The smallest absolute Gasteiger partial charge is 0.289 e. The first-order valence-corrected chi connectivity index (χ1v) is 6.43. The molecule has 7 heteroatoms. The molecule has 1 aliphatic rings. The van der Waals surface area contributed by atoms with Crippen molar-refractivity contribution in [1.82, 2.24) is 4.98 Å². The molecule has 0 spiro atoms. The number of pyridine rings is 1. The van der Waals surface area contributed by atoms with Gasteiger partial charge in [0.05, 0.1) is 10.5 Å². The molecule has 1 aromatic rings. The minimum absolute atomic E-state index is 0.142. The summed E-state index contributed by atoms with van der Waals surface area (Å²) < 4.78 is 0. The van der Waals surface area contributed by atoms with E-state index in [1.54, 1.807) is 11.9 Å². The third-order valence-corrected chi connectivity index (χ3v) is 3.61. The molecule has 1 N–H and O–H groups in total. The first-order chi connectivity index (χ1) is 9.45. The van der Waals surface area contributed by atoms with Crippen LogP contribution in [0.1, 0.15) is 31.2 Å². The second-order valence-electron chi connectivity index (χ2n) is 5.22. The third kappa shape index (κ3) is 2.86. The summed E-state index contributed by atoms with van der Waals surface area (Å²) >= 11 is 0. The lowest BCUT2D eigenvalue weighted by Gasteiger charge is -2.29. The van der Waals surface area contributed by atoms with Crippen molar-refractivity contribution in [3.63, 3.8) is 0 Å². The van der Waals surface area contributed by atoms with Gasteiger partial charge >= 0.3 is 0 Å². The van der Waals surface area contributed by atoms with Gasteiger partial charge in [-0.25, -0.2) is 4.98 Å². The van der Waals surface area contributed by atoms with Crippen LogP contribution in [0.15, 0.2) is 12.3 Å². The van der Waals surface area contributed by atoms with E-state index in [4.69, 9.17) is 5.26 Å². The van der Waals surface area contributed by atoms with E-state index in [0.29, 0.717) is 12.4 Å². The monoisotopic (exact) mass is 276 g/mol. The van der Waals surface area contributed by atoms with Crippen LogP contribution in [-0.2, 0) is 0 Å². The number of rotatable bonds is 4. The van der Waals surface area contributed by atoms with Crippen molar-refractivity contribution < 1.29 is 10.0 Å². The van der Waals surface area contributed by atoms with Gasteiger partial charge in [0.15, 0.2) is 0 Å². The average molecular weight is 276 g/mol. The van der Waals surface area contributed by atoms with Gasteiger partial charge in [-0.2, -0.15) is 5.26 Å². The molecule has 0 amide bonds. The minimum Gasteiger partial charge on any atom is -0.388 e. The van der Waals surface area contributed by atoms with E-state index in [-0.39, 0.29) is 11.3 Å². The molecule has 106 valence electrons. The zero-order valence-corrected chi connectivity index (χ0v) is 11.2. The van der Waals surface area contributed by atoms with Gasteiger partial charge in [0.1, 0.15) is 23.6 Å². The Kier molecular flexibility index (Phi) is 3.86. The zero-order chi connectivity index (χ0) is 14.8. The van der Waals surface area contributed by atoms with E-state index < -0.39 is 10.5 Å². The van der Waals surface area contributed by atoms with Crippen LogP contribution in [0.25, 0.3) is 0 Å². The highest BCUT2D eigenvalue weighted by Crippen LogP contribution is 2.31. The lowest BCUT2D eigenvalue weighted by Crippen LogP contribution is -2.39. The summed E-state index contributed by atoms with van der Waals surface area (Å²) in [6.45, 7) is 0.368. The van der Waals surface area contributed by atoms with E-state index in [1.807, 2.05) is 6.07 Å². The predicted octanol–water partition coefficient (Wildman–Crippen LogP) is 1.60. The van der Waals surface area contributed by atoms with Gasteiger partial charge in [-0.15, -0.1) is 0 Å². The molecular weight excluding hydrogens is 260 g/mol. The molecule has 20 heavy (non-hydrogen) atoms. The summed E-state index contributed by atoms with van der Waals surface area (Å²) in [4.78, 5) is 15.8. The molecule has 1 aromatic heterocycles. The van der Waals surface area contributed by atoms with Crippen molar-refractivity contribution >= 4 is 11.5 Å². The quantitative estimate of drug-likeness (QED) is 0.661. The van der Waals surface area contributed by atoms with E-state index in [9.17, 15) is 15.2 Å². The van der Waals surface area contributed by atoms with Gasteiger partial charge in [-0.1, -0.05) is 12.8 Å². The van der Waals surface area contributed by atoms with Gasteiger partial charge in [0.2, 0.25) is 0 Å². The van der Waals surface area contributed by atoms with Gasteiger partial charge in [0, 0.05) is 19.7 Å². The van der Waals surface area contributed by atoms with Gasteiger partial charge < -0.3 is 10.0 Å². The number of hydrogen-bond donors (Lipinski definition) is 1. The molecule has 0 atom stereocenters. The molecule has 0 aliphatic heterocycles. The number of aromatic nitrogens is 1. The molecule has 0 bridgehead atoms. The lowest BCUT2D eigenvalue weighted by atomic mass is 10.0. The molecule has 7 nitrogen and oxygen atoms in total. The maximum absolute atomic E-state index is 10.7. The molecule has 2 rings (SSSR count). The topological polar surface area (TPSA) is 103 Å². The summed E-state index contributed by atoms with van der Waals surface area (Å²) in [7, 11) is 1.73. The Morgan fingerprint density at radius 1 is 1.60 bits per heavy atom. The predicted molar refractivity (Wildman–Crippen MR) is 72.3 cm³/mol. The zero-order valence-electron chi connectivity index (χ0n) is 11.2. The lowest BCUT2D eigenvalue weighted by molar-refractivity contribution is -0.385. The fraction of sp³-hybridized carbons (Fsp3) is 0.538. The SMILES string of the molecule is CN(CC1(O)CCCC1)c1ncc([N+](=O)[O-])cc1C#N. The number of hydrogen-bond acceptors (Lipinski definition) is 6. The number of nitriles is 1. The Labute approximate surface area is 116 Å². The Bertz CT molecular complexity index is 561. The van der Waals surface area contributed by atoms with Crippen LogP contribution in [0.3, 0.4) is 0 Å². The Hall–Kier alpha value is -2.20. The van der Waals surface area contributed by atoms with Crippen LogP contribution < -0.4 is 4.90 Å². The highest BCUT2D eigenvalue weighted by atomic mass is 16.6. The third-order valence-electron chi connectivity index (χ3n) is 3.61. The second kappa shape index (κ2) is 5.43. The van der Waals surface area contributed by atoms with Crippen molar-refractivity contribution in [2.75, 3.05) is 18.5 Å². The molecule has 0 unspecified atom stereocenters. The Morgan fingerprint density at radius 3 is 2.80 bits per heavy atom. The van der Waals surface area contributed by atoms with Crippen molar-refractivity contribution in [2.45, 2.75) is 31.3 Å². The fourth-order valence-corrected chi connectivity index (χ4v) is 2.64. The summed E-state index contributed by atoms with van der Waals surface area (Å²) in [6, 6.07) is 3.12. The molecule has 0 radical (unpaired) electrons. The Balaban J connectivity index is 2.23. The van der Waals surface area contributed by atoms with Crippen LogP contribution in [0, 0.1) is 21.4 Å². The van der Waals surface area contributed by atoms with Crippen LogP contribution in [0.2, 0.25) is 0 Å². The normalized spacial score (nSPS) is 16.6. The van der Waals surface area contributed by atoms with E-state index in [2.05, 4.69) is 4.98 Å². The largest absolute Gasteiger partial charge is 0.388 e. The first-order valence-electron chi connectivity index (χ1n) is 6.43. The summed E-state index contributed by atoms with van der Waals surface area (Å²) in [5.74, 6) is 0.360. The molecule has 1 heterocycles. The van der Waals surface area contributed by atoms with Gasteiger partial charge in [-0.3, -0.25) is 10.1 Å². The van der Waals surface area contributed by atoms with Crippen molar-refractivity contribution in [2.24, 2.45) is 0 Å².